The lowest BCUT2D eigenvalue weighted by Gasteiger charge is -2.25. The molecule has 1 aliphatic carbocycles. The number of hydrogen-bond acceptors (Lipinski definition) is 5. The van der Waals surface area contributed by atoms with Crippen LogP contribution in [0, 0.1) is 17.8 Å². The molecule has 3 rings (SSSR count). The average Bonchev–Trinajstić information content (AvgIpc) is 2.81. The van der Waals surface area contributed by atoms with Crippen LogP contribution in [0.3, 0.4) is 0 Å². The molecule has 1 aromatic rings. The van der Waals surface area contributed by atoms with Crippen molar-refractivity contribution >= 4 is 0 Å². The van der Waals surface area contributed by atoms with Gasteiger partial charge < -0.3 is 25.2 Å². The van der Waals surface area contributed by atoms with Crippen LogP contribution in [0.25, 0.3) is 0 Å². The van der Waals surface area contributed by atoms with Gasteiger partial charge in [0.1, 0.15) is 0 Å². The summed E-state index contributed by atoms with van der Waals surface area (Å²) in [6.07, 6.45) is 3.61. The average molecular weight is 318 g/mol. The van der Waals surface area contributed by atoms with Crippen LogP contribution >= 0.6 is 0 Å². The molecule has 0 aromatic heterocycles. The van der Waals surface area contributed by atoms with Crippen molar-refractivity contribution in [1.82, 2.24) is 0 Å². The standard InChI is InChI=1S/C18H22O5/c1-9-10(2)18(12-4-6-14(20)16(22)8-12)23-17(9)11-3-5-13(19)15(21)7-11/h3,5-10,12,17-22H,4H2,1-2H3/t9-,10+,12?,17+,18+/m0/s1. The Hall–Kier alpha value is -2.14. The maximum Gasteiger partial charge on any atom is 0.157 e. The third kappa shape index (κ3) is 2.77. The van der Waals surface area contributed by atoms with Crippen LogP contribution in [0.5, 0.6) is 11.5 Å². The molecule has 1 heterocycles. The van der Waals surface area contributed by atoms with E-state index in [0.29, 0.717) is 6.42 Å². The van der Waals surface area contributed by atoms with Gasteiger partial charge in [0.05, 0.1) is 12.2 Å². The fraction of sp³-hybridized carbons (Fsp3) is 0.444. The van der Waals surface area contributed by atoms with Crippen LogP contribution in [0.1, 0.15) is 31.9 Å². The molecule has 1 unspecified atom stereocenters. The van der Waals surface area contributed by atoms with E-state index < -0.39 is 0 Å². The highest BCUT2D eigenvalue weighted by Crippen LogP contribution is 2.47. The molecule has 1 saturated heterocycles. The summed E-state index contributed by atoms with van der Waals surface area (Å²) in [7, 11) is 0. The smallest absolute Gasteiger partial charge is 0.157 e. The Kier molecular flexibility index (Phi) is 3.98. The molecule has 0 bridgehead atoms. The molecular formula is C18H22O5. The molecule has 23 heavy (non-hydrogen) atoms. The summed E-state index contributed by atoms with van der Waals surface area (Å²) in [6.45, 7) is 4.21. The molecule has 0 saturated carbocycles. The van der Waals surface area contributed by atoms with Gasteiger partial charge in [-0.25, -0.2) is 0 Å². The second kappa shape index (κ2) is 5.81. The van der Waals surface area contributed by atoms with Crippen molar-refractivity contribution in [2.45, 2.75) is 32.5 Å². The topological polar surface area (TPSA) is 90.2 Å². The number of phenols is 2. The summed E-state index contributed by atoms with van der Waals surface area (Å²) in [5, 5.41) is 38.4. The van der Waals surface area contributed by atoms with Crippen molar-refractivity contribution in [3.8, 4) is 11.5 Å². The van der Waals surface area contributed by atoms with Crippen molar-refractivity contribution in [3.05, 3.63) is 47.4 Å². The van der Waals surface area contributed by atoms with Gasteiger partial charge in [-0.3, -0.25) is 0 Å². The molecule has 0 spiro atoms. The number of aromatic hydroxyl groups is 2. The first kappa shape index (κ1) is 15.7. The summed E-state index contributed by atoms with van der Waals surface area (Å²) >= 11 is 0. The minimum absolute atomic E-state index is 0.000869. The molecule has 124 valence electrons. The Labute approximate surface area is 135 Å². The van der Waals surface area contributed by atoms with Crippen LogP contribution in [-0.4, -0.2) is 26.5 Å². The number of phenolic OH excluding ortho intramolecular Hbond substituents is 2. The number of aliphatic hydroxyl groups is 2. The van der Waals surface area contributed by atoms with Gasteiger partial charge in [0.15, 0.2) is 23.0 Å². The lowest BCUT2D eigenvalue weighted by atomic mass is 9.81. The Morgan fingerprint density at radius 2 is 1.70 bits per heavy atom. The van der Waals surface area contributed by atoms with Crippen molar-refractivity contribution in [2.75, 3.05) is 0 Å². The van der Waals surface area contributed by atoms with E-state index in [2.05, 4.69) is 13.8 Å². The number of benzene rings is 1. The molecule has 0 amide bonds. The summed E-state index contributed by atoms with van der Waals surface area (Å²) in [4.78, 5) is 0. The van der Waals surface area contributed by atoms with Crippen LogP contribution in [0.4, 0.5) is 0 Å². The van der Waals surface area contributed by atoms with Gasteiger partial charge >= 0.3 is 0 Å². The van der Waals surface area contributed by atoms with E-state index in [1.807, 2.05) is 0 Å². The SMILES string of the molecule is C[C@@H]1[C@H](C)[C@H](c2ccc(O)c(O)c2)O[C@H]1C1C=C(O)C(O)=CC1. The largest absolute Gasteiger partial charge is 0.504 e. The Bertz CT molecular complexity index is 663. The highest BCUT2D eigenvalue weighted by atomic mass is 16.5. The van der Waals surface area contributed by atoms with Crippen LogP contribution in [0.2, 0.25) is 0 Å². The predicted molar refractivity (Wildman–Crippen MR) is 85.2 cm³/mol. The van der Waals surface area contributed by atoms with E-state index in [0.717, 1.165) is 5.56 Å². The van der Waals surface area contributed by atoms with Crippen LogP contribution in [0.15, 0.2) is 41.9 Å². The summed E-state index contributed by atoms with van der Waals surface area (Å²) in [6, 6.07) is 4.75. The van der Waals surface area contributed by atoms with E-state index in [1.165, 1.54) is 12.1 Å². The molecule has 5 nitrogen and oxygen atoms in total. The molecule has 2 aliphatic rings. The van der Waals surface area contributed by atoms with Crippen molar-refractivity contribution < 1.29 is 25.2 Å². The van der Waals surface area contributed by atoms with E-state index in [-0.39, 0.29) is 53.0 Å². The molecule has 4 N–H and O–H groups in total. The van der Waals surface area contributed by atoms with Gasteiger partial charge in [-0.05, 0) is 48.1 Å². The van der Waals surface area contributed by atoms with Crippen molar-refractivity contribution in [3.63, 3.8) is 0 Å². The zero-order valence-corrected chi connectivity index (χ0v) is 13.2. The molecule has 0 radical (unpaired) electrons. The second-order valence-corrected chi connectivity index (χ2v) is 6.53. The summed E-state index contributed by atoms with van der Waals surface area (Å²) in [5.41, 5.74) is 0.824. The third-order valence-corrected chi connectivity index (χ3v) is 5.10. The minimum Gasteiger partial charge on any atom is -0.504 e. The number of hydrogen-bond donors (Lipinski definition) is 4. The van der Waals surface area contributed by atoms with Gasteiger partial charge in [0, 0.05) is 5.92 Å². The van der Waals surface area contributed by atoms with Gasteiger partial charge in [0.25, 0.3) is 0 Å². The van der Waals surface area contributed by atoms with Crippen molar-refractivity contribution in [1.29, 1.82) is 0 Å². The fourth-order valence-electron chi connectivity index (χ4n) is 3.52. The maximum atomic E-state index is 9.74. The quantitative estimate of drug-likeness (QED) is 0.624. The second-order valence-electron chi connectivity index (χ2n) is 6.53. The van der Waals surface area contributed by atoms with E-state index >= 15 is 0 Å². The van der Waals surface area contributed by atoms with Crippen molar-refractivity contribution in [2.24, 2.45) is 17.8 Å². The Morgan fingerprint density at radius 3 is 2.35 bits per heavy atom. The number of allylic oxidation sites excluding steroid dienone is 1. The first-order valence-corrected chi connectivity index (χ1v) is 7.86. The van der Waals surface area contributed by atoms with Crippen LogP contribution in [-0.2, 0) is 4.74 Å². The fourth-order valence-corrected chi connectivity index (χ4v) is 3.52. The normalized spacial score (nSPS) is 34.1. The number of ether oxygens (including phenoxy) is 1. The van der Waals surface area contributed by atoms with Crippen LogP contribution < -0.4 is 0 Å². The maximum absolute atomic E-state index is 9.74. The molecule has 5 heteroatoms. The first-order valence-electron chi connectivity index (χ1n) is 7.86. The van der Waals surface area contributed by atoms with Gasteiger partial charge in [-0.15, -0.1) is 0 Å². The predicted octanol–water partition coefficient (Wildman–Crippen LogP) is 3.71. The zero-order valence-electron chi connectivity index (χ0n) is 13.2. The van der Waals surface area contributed by atoms with E-state index in [1.54, 1.807) is 18.2 Å². The van der Waals surface area contributed by atoms with Gasteiger partial charge in [0.2, 0.25) is 0 Å². The monoisotopic (exact) mass is 318 g/mol. The highest BCUT2D eigenvalue weighted by molar-refractivity contribution is 5.41. The molecule has 1 aliphatic heterocycles. The van der Waals surface area contributed by atoms with Gasteiger partial charge in [-0.2, -0.15) is 0 Å². The minimum atomic E-state index is -0.184. The summed E-state index contributed by atoms with van der Waals surface area (Å²) in [5.74, 6) is -0.0192. The molecule has 1 fully saturated rings. The van der Waals surface area contributed by atoms with E-state index in [4.69, 9.17) is 4.74 Å². The number of rotatable bonds is 2. The van der Waals surface area contributed by atoms with E-state index in [9.17, 15) is 20.4 Å². The Morgan fingerprint density at radius 1 is 0.957 bits per heavy atom. The van der Waals surface area contributed by atoms with Gasteiger partial charge in [-0.1, -0.05) is 19.9 Å². The molecular weight excluding hydrogens is 296 g/mol. The lowest BCUT2D eigenvalue weighted by Crippen LogP contribution is -2.26. The first-order chi connectivity index (χ1) is 10.9. The summed E-state index contributed by atoms with van der Waals surface area (Å²) < 4.78 is 6.23. The number of aliphatic hydroxyl groups excluding tert-OH is 2. The zero-order chi connectivity index (χ0) is 16.7. The molecule has 1 aromatic carbocycles. The third-order valence-electron chi connectivity index (χ3n) is 5.10. The highest BCUT2D eigenvalue weighted by Gasteiger charge is 2.43. The lowest BCUT2D eigenvalue weighted by molar-refractivity contribution is 0.00593. The molecule has 5 atom stereocenters. The Balaban J connectivity index is 1.83.